The van der Waals surface area contributed by atoms with Crippen LogP contribution in [0.1, 0.15) is 22.3 Å². The van der Waals surface area contributed by atoms with Crippen molar-refractivity contribution in [3.63, 3.8) is 0 Å². The minimum Gasteiger partial charge on any atom is -0.465 e. The van der Waals surface area contributed by atoms with Crippen molar-refractivity contribution in [3.8, 4) is 0 Å². The van der Waals surface area contributed by atoms with E-state index in [2.05, 4.69) is 15.1 Å². The first-order chi connectivity index (χ1) is 16.0. The summed E-state index contributed by atoms with van der Waals surface area (Å²) in [6.45, 7) is 4.59. The smallest absolute Gasteiger partial charge is 0.337 e. The van der Waals surface area contributed by atoms with E-state index in [1.54, 1.807) is 12.1 Å². The first kappa shape index (κ1) is 22.8. The summed E-state index contributed by atoms with van der Waals surface area (Å²) >= 11 is 0. The average Bonchev–Trinajstić information content (AvgIpc) is 2.86. The highest BCUT2D eigenvalue weighted by molar-refractivity contribution is 5.90. The molecule has 0 spiro atoms. The molecule has 8 nitrogen and oxygen atoms in total. The van der Waals surface area contributed by atoms with Crippen LogP contribution in [0.4, 0.5) is 5.69 Å². The van der Waals surface area contributed by atoms with Crippen LogP contribution in [0.15, 0.2) is 54.6 Å². The fourth-order valence-corrected chi connectivity index (χ4v) is 4.43. The second kappa shape index (κ2) is 10.5. The van der Waals surface area contributed by atoms with Gasteiger partial charge in [-0.3, -0.25) is 14.5 Å². The summed E-state index contributed by atoms with van der Waals surface area (Å²) in [5.41, 5.74) is 2.66. The molecule has 33 heavy (non-hydrogen) atoms. The largest absolute Gasteiger partial charge is 0.465 e. The molecule has 0 bridgehead atoms. The molecule has 0 aromatic heterocycles. The summed E-state index contributed by atoms with van der Waals surface area (Å²) in [5.74, 6) is -0.421. The van der Waals surface area contributed by atoms with E-state index >= 15 is 0 Å². The number of carbonyl (C=O) groups is 3. The van der Waals surface area contributed by atoms with Crippen molar-refractivity contribution in [3.05, 3.63) is 65.7 Å². The van der Waals surface area contributed by atoms with Crippen LogP contribution in [-0.4, -0.2) is 80.0 Å². The first-order valence-electron chi connectivity index (χ1n) is 11.3. The van der Waals surface area contributed by atoms with Gasteiger partial charge in [0, 0.05) is 51.5 Å². The van der Waals surface area contributed by atoms with Crippen molar-refractivity contribution < 1.29 is 19.1 Å². The molecule has 2 amide bonds. The zero-order valence-electron chi connectivity index (χ0n) is 18.9. The van der Waals surface area contributed by atoms with Crippen molar-refractivity contribution in [1.29, 1.82) is 0 Å². The van der Waals surface area contributed by atoms with Crippen LogP contribution in [0.3, 0.4) is 0 Å². The predicted molar refractivity (Wildman–Crippen MR) is 125 cm³/mol. The van der Waals surface area contributed by atoms with Crippen LogP contribution in [0, 0.1) is 0 Å². The number of benzene rings is 2. The number of amides is 2. The fraction of sp³-hybridized carbons (Fsp3) is 0.400. The first-order valence-corrected chi connectivity index (χ1v) is 11.3. The van der Waals surface area contributed by atoms with Crippen LogP contribution in [-0.2, 0) is 20.9 Å². The summed E-state index contributed by atoms with van der Waals surface area (Å²) in [5, 5.41) is 2.91. The highest BCUT2D eigenvalue weighted by atomic mass is 16.5. The van der Waals surface area contributed by atoms with Gasteiger partial charge in [-0.15, -0.1) is 0 Å². The maximum Gasteiger partial charge on any atom is 0.337 e. The molecule has 1 atom stereocenters. The van der Waals surface area contributed by atoms with Gasteiger partial charge in [-0.05, 0) is 29.8 Å². The second-order valence-corrected chi connectivity index (χ2v) is 8.37. The van der Waals surface area contributed by atoms with E-state index in [1.165, 1.54) is 7.11 Å². The lowest BCUT2D eigenvalue weighted by molar-refractivity contribution is -0.139. The molecule has 0 radical (unpaired) electrons. The SMILES string of the molecule is COC(=O)c1ccc(N2CCN(C(=O)C[C@@H]3C(=O)NCCN3Cc3ccccc3)CC2)cc1. The number of esters is 1. The number of piperazine rings is 2. The Morgan fingerprint density at radius 3 is 2.33 bits per heavy atom. The van der Waals surface area contributed by atoms with Crippen LogP contribution < -0.4 is 10.2 Å². The number of nitrogens with zero attached hydrogens (tertiary/aromatic N) is 3. The molecule has 0 saturated carbocycles. The minimum atomic E-state index is -0.449. The average molecular weight is 451 g/mol. The number of methoxy groups -OCH3 is 1. The van der Waals surface area contributed by atoms with Crippen molar-refractivity contribution in [2.45, 2.75) is 19.0 Å². The van der Waals surface area contributed by atoms with E-state index in [0.29, 0.717) is 44.8 Å². The van der Waals surface area contributed by atoms with Crippen molar-refractivity contribution in [1.82, 2.24) is 15.1 Å². The molecule has 0 unspecified atom stereocenters. The van der Waals surface area contributed by atoms with Gasteiger partial charge in [0.15, 0.2) is 0 Å². The number of ether oxygens (including phenoxy) is 1. The van der Waals surface area contributed by atoms with Gasteiger partial charge in [-0.2, -0.15) is 0 Å². The lowest BCUT2D eigenvalue weighted by atomic mass is 10.1. The van der Waals surface area contributed by atoms with Crippen LogP contribution in [0.25, 0.3) is 0 Å². The molecule has 0 aliphatic carbocycles. The summed E-state index contributed by atoms with van der Waals surface area (Å²) in [6.07, 6.45) is 0.187. The molecule has 2 fully saturated rings. The third-order valence-electron chi connectivity index (χ3n) is 6.32. The van der Waals surface area contributed by atoms with Crippen LogP contribution in [0.2, 0.25) is 0 Å². The highest BCUT2D eigenvalue weighted by Crippen LogP contribution is 2.20. The van der Waals surface area contributed by atoms with E-state index in [-0.39, 0.29) is 24.2 Å². The normalized spacial score (nSPS) is 19.2. The van der Waals surface area contributed by atoms with Gasteiger partial charge in [0.1, 0.15) is 0 Å². The highest BCUT2D eigenvalue weighted by Gasteiger charge is 2.33. The van der Waals surface area contributed by atoms with Gasteiger partial charge in [0.2, 0.25) is 11.8 Å². The van der Waals surface area contributed by atoms with Gasteiger partial charge in [0.25, 0.3) is 0 Å². The Labute approximate surface area is 194 Å². The lowest BCUT2D eigenvalue weighted by Gasteiger charge is -2.39. The summed E-state index contributed by atoms with van der Waals surface area (Å²) < 4.78 is 4.74. The summed E-state index contributed by atoms with van der Waals surface area (Å²) in [7, 11) is 1.37. The van der Waals surface area contributed by atoms with Crippen LogP contribution in [0.5, 0.6) is 0 Å². The number of hydrogen-bond acceptors (Lipinski definition) is 6. The Bertz CT molecular complexity index is 972. The van der Waals surface area contributed by atoms with Crippen molar-refractivity contribution in [2.24, 2.45) is 0 Å². The fourth-order valence-electron chi connectivity index (χ4n) is 4.43. The van der Waals surface area contributed by atoms with Crippen molar-refractivity contribution in [2.75, 3.05) is 51.3 Å². The van der Waals surface area contributed by atoms with Gasteiger partial charge in [-0.25, -0.2) is 4.79 Å². The molecule has 1 N–H and O–H groups in total. The third kappa shape index (κ3) is 5.51. The van der Waals surface area contributed by atoms with Gasteiger partial charge in [0.05, 0.1) is 25.1 Å². The predicted octanol–water partition coefficient (Wildman–Crippen LogP) is 1.51. The Morgan fingerprint density at radius 2 is 1.67 bits per heavy atom. The molecule has 2 heterocycles. The minimum absolute atomic E-state index is 0.0100. The molecule has 2 aliphatic heterocycles. The Kier molecular flexibility index (Phi) is 7.24. The zero-order valence-corrected chi connectivity index (χ0v) is 18.9. The molecule has 4 rings (SSSR count). The Hall–Kier alpha value is -3.39. The lowest BCUT2D eigenvalue weighted by Crippen LogP contribution is -2.57. The second-order valence-electron chi connectivity index (χ2n) is 8.37. The summed E-state index contributed by atoms with van der Waals surface area (Å²) in [6, 6.07) is 16.9. The number of carbonyl (C=O) groups excluding carboxylic acids is 3. The van der Waals surface area contributed by atoms with Crippen LogP contribution >= 0.6 is 0 Å². The van der Waals surface area contributed by atoms with E-state index < -0.39 is 6.04 Å². The van der Waals surface area contributed by atoms with E-state index in [4.69, 9.17) is 4.74 Å². The summed E-state index contributed by atoms with van der Waals surface area (Å²) in [4.78, 5) is 43.4. The Balaban J connectivity index is 1.33. The van der Waals surface area contributed by atoms with E-state index in [9.17, 15) is 14.4 Å². The van der Waals surface area contributed by atoms with E-state index in [1.807, 2.05) is 47.4 Å². The zero-order chi connectivity index (χ0) is 23.2. The molecular weight excluding hydrogens is 420 g/mol. The van der Waals surface area contributed by atoms with Gasteiger partial charge in [-0.1, -0.05) is 30.3 Å². The van der Waals surface area contributed by atoms with E-state index in [0.717, 1.165) is 17.8 Å². The maximum absolute atomic E-state index is 13.1. The molecule has 174 valence electrons. The monoisotopic (exact) mass is 450 g/mol. The molecule has 2 aromatic carbocycles. The molecule has 2 aliphatic rings. The quantitative estimate of drug-likeness (QED) is 0.672. The van der Waals surface area contributed by atoms with Crippen molar-refractivity contribution >= 4 is 23.5 Å². The Morgan fingerprint density at radius 1 is 0.970 bits per heavy atom. The van der Waals surface area contributed by atoms with Gasteiger partial charge >= 0.3 is 5.97 Å². The number of rotatable bonds is 6. The maximum atomic E-state index is 13.1. The number of nitrogens with one attached hydrogen (secondary N) is 1. The third-order valence-corrected chi connectivity index (χ3v) is 6.32. The topological polar surface area (TPSA) is 82.2 Å². The molecule has 2 saturated heterocycles. The molecule has 8 heteroatoms. The molecular formula is C25H30N4O4. The molecule has 2 aromatic rings. The number of hydrogen-bond donors (Lipinski definition) is 1. The van der Waals surface area contributed by atoms with Gasteiger partial charge < -0.3 is 19.9 Å². The standard InChI is InChI=1S/C25H30N4O4/c1-33-25(32)20-7-9-21(10-8-20)27-13-15-28(16-14-27)23(30)17-22-24(31)26-11-12-29(22)18-19-5-3-2-4-6-19/h2-10,22H,11-18H2,1H3,(H,26,31)/t22-/m1/s1. The number of anilines is 1.